The van der Waals surface area contributed by atoms with Crippen molar-refractivity contribution >= 4 is 5.97 Å². The van der Waals surface area contributed by atoms with Gasteiger partial charge in [-0.3, -0.25) is 9.69 Å². The first-order chi connectivity index (χ1) is 8.13. The number of rotatable bonds is 7. The summed E-state index contributed by atoms with van der Waals surface area (Å²) in [6, 6.07) is 0.550. The number of nitrogens with zero attached hydrogens (tertiary/aromatic N) is 1. The van der Waals surface area contributed by atoms with Crippen LogP contribution in [0.3, 0.4) is 0 Å². The molecule has 4 heteroatoms. The van der Waals surface area contributed by atoms with E-state index in [-0.39, 0.29) is 18.7 Å². The molecule has 1 rings (SSSR count). The topological polar surface area (TPSA) is 49.8 Å². The van der Waals surface area contributed by atoms with Gasteiger partial charge in [-0.05, 0) is 46.1 Å². The van der Waals surface area contributed by atoms with Gasteiger partial charge >= 0.3 is 5.97 Å². The van der Waals surface area contributed by atoms with Crippen molar-refractivity contribution in [3.8, 4) is 0 Å². The van der Waals surface area contributed by atoms with Crippen LogP contribution in [-0.4, -0.2) is 47.8 Å². The Labute approximate surface area is 104 Å². The highest BCUT2D eigenvalue weighted by Crippen LogP contribution is 2.21. The van der Waals surface area contributed by atoms with Gasteiger partial charge < -0.3 is 9.84 Å². The highest BCUT2D eigenvalue weighted by Gasteiger charge is 2.24. The van der Waals surface area contributed by atoms with E-state index in [0.29, 0.717) is 12.5 Å². The number of likely N-dealkylation sites (tertiary alicyclic amines) is 1. The molecule has 1 fully saturated rings. The van der Waals surface area contributed by atoms with Crippen LogP contribution in [0.2, 0.25) is 0 Å². The molecule has 17 heavy (non-hydrogen) atoms. The minimum Gasteiger partial charge on any atom is -0.463 e. The zero-order valence-electron chi connectivity index (χ0n) is 11.0. The van der Waals surface area contributed by atoms with Crippen LogP contribution in [0.25, 0.3) is 0 Å². The Hall–Kier alpha value is -0.610. The summed E-state index contributed by atoms with van der Waals surface area (Å²) in [7, 11) is 0. The highest BCUT2D eigenvalue weighted by atomic mass is 16.5. The Balaban J connectivity index is 2.23. The fourth-order valence-corrected chi connectivity index (χ4v) is 2.40. The summed E-state index contributed by atoms with van der Waals surface area (Å²) in [5.41, 5.74) is 0. The summed E-state index contributed by atoms with van der Waals surface area (Å²) in [5, 5.41) is 8.84. The lowest BCUT2D eigenvalue weighted by Gasteiger charge is -2.23. The third-order valence-electron chi connectivity index (χ3n) is 3.16. The second kappa shape index (κ2) is 7.67. The molecule has 0 radical (unpaired) electrons. The van der Waals surface area contributed by atoms with Crippen LogP contribution in [-0.2, 0) is 9.53 Å². The van der Waals surface area contributed by atoms with E-state index in [1.807, 2.05) is 13.8 Å². The number of aliphatic hydroxyl groups excluding tert-OH is 1. The second-order valence-electron chi connectivity index (χ2n) is 4.99. The smallest absolute Gasteiger partial charge is 0.307 e. The molecular weight excluding hydrogens is 218 g/mol. The van der Waals surface area contributed by atoms with E-state index in [9.17, 15) is 4.79 Å². The SMILES string of the molecule is CC(C)OC(=O)CCN1CCCC1CCCO. The summed E-state index contributed by atoms with van der Waals surface area (Å²) in [6.07, 6.45) is 4.75. The lowest BCUT2D eigenvalue weighted by atomic mass is 10.1. The van der Waals surface area contributed by atoms with Crippen molar-refractivity contribution in [3.63, 3.8) is 0 Å². The van der Waals surface area contributed by atoms with Crippen molar-refractivity contribution in [2.24, 2.45) is 0 Å². The fraction of sp³-hybridized carbons (Fsp3) is 0.923. The zero-order valence-corrected chi connectivity index (χ0v) is 11.0. The number of esters is 1. The predicted octanol–water partition coefficient (Wildman–Crippen LogP) is 1.56. The summed E-state index contributed by atoms with van der Waals surface area (Å²) in [5.74, 6) is -0.104. The maximum atomic E-state index is 11.4. The third kappa shape index (κ3) is 5.50. The molecule has 4 nitrogen and oxygen atoms in total. The van der Waals surface area contributed by atoms with Crippen LogP contribution in [0, 0.1) is 0 Å². The monoisotopic (exact) mass is 243 g/mol. The molecule has 1 N–H and O–H groups in total. The quantitative estimate of drug-likeness (QED) is 0.689. The minimum atomic E-state index is -0.104. The van der Waals surface area contributed by atoms with Crippen molar-refractivity contribution in [1.82, 2.24) is 4.90 Å². The summed E-state index contributed by atoms with van der Waals surface area (Å²) < 4.78 is 5.12. The van der Waals surface area contributed by atoms with Gasteiger partial charge in [0.1, 0.15) is 0 Å². The average Bonchev–Trinajstić information content (AvgIpc) is 2.70. The van der Waals surface area contributed by atoms with Crippen molar-refractivity contribution in [3.05, 3.63) is 0 Å². The summed E-state index contributed by atoms with van der Waals surface area (Å²) in [4.78, 5) is 13.8. The summed E-state index contributed by atoms with van der Waals surface area (Å²) >= 11 is 0. The van der Waals surface area contributed by atoms with E-state index in [2.05, 4.69) is 4.90 Å². The lowest BCUT2D eigenvalue weighted by Crippen LogP contribution is -2.32. The third-order valence-corrected chi connectivity index (χ3v) is 3.16. The summed E-state index contributed by atoms with van der Waals surface area (Å²) in [6.45, 7) is 5.88. The van der Waals surface area contributed by atoms with Crippen LogP contribution >= 0.6 is 0 Å². The molecule has 1 saturated heterocycles. The van der Waals surface area contributed by atoms with Crippen LogP contribution in [0.15, 0.2) is 0 Å². The normalized spacial score (nSPS) is 21.1. The number of carbonyl (C=O) groups is 1. The molecule has 0 aliphatic carbocycles. The van der Waals surface area contributed by atoms with Crippen LogP contribution in [0.1, 0.15) is 46.0 Å². The van der Waals surface area contributed by atoms with Gasteiger partial charge in [-0.2, -0.15) is 0 Å². The second-order valence-corrected chi connectivity index (χ2v) is 4.99. The van der Waals surface area contributed by atoms with Crippen LogP contribution in [0.4, 0.5) is 0 Å². The van der Waals surface area contributed by atoms with E-state index in [1.165, 1.54) is 12.8 Å². The molecule has 0 aromatic rings. The molecule has 1 heterocycles. The zero-order chi connectivity index (χ0) is 12.7. The van der Waals surface area contributed by atoms with Gasteiger partial charge in [-0.1, -0.05) is 0 Å². The Bertz CT molecular complexity index is 231. The molecule has 1 aliphatic rings. The van der Waals surface area contributed by atoms with Gasteiger partial charge in [0.2, 0.25) is 0 Å². The molecule has 0 spiro atoms. The van der Waals surface area contributed by atoms with E-state index >= 15 is 0 Å². The van der Waals surface area contributed by atoms with Gasteiger partial charge in [0.15, 0.2) is 0 Å². The number of carbonyl (C=O) groups excluding carboxylic acids is 1. The van der Waals surface area contributed by atoms with Crippen molar-refractivity contribution in [1.29, 1.82) is 0 Å². The Morgan fingerprint density at radius 1 is 1.53 bits per heavy atom. The first kappa shape index (κ1) is 14.5. The average molecular weight is 243 g/mol. The maximum Gasteiger partial charge on any atom is 0.307 e. The molecule has 1 atom stereocenters. The number of aliphatic hydroxyl groups is 1. The molecule has 0 saturated carbocycles. The van der Waals surface area contributed by atoms with E-state index in [4.69, 9.17) is 9.84 Å². The molecule has 1 aliphatic heterocycles. The molecule has 0 amide bonds. The highest BCUT2D eigenvalue weighted by molar-refractivity contribution is 5.69. The van der Waals surface area contributed by atoms with Crippen LogP contribution < -0.4 is 0 Å². The molecule has 1 unspecified atom stereocenters. The van der Waals surface area contributed by atoms with E-state index in [0.717, 1.165) is 25.9 Å². The Morgan fingerprint density at radius 3 is 2.94 bits per heavy atom. The number of hydrogen-bond donors (Lipinski definition) is 1. The Kier molecular flexibility index (Phi) is 6.52. The van der Waals surface area contributed by atoms with Gasteiger partial charge in [0.05, 0.1) is 12.5 Å². The van der Waals surface area contributed by atoms with Gasteiger partial charge in [0.25, 0.3) is 0 Å². The van der Waals surface area contributed by atoms with E-state index in [1.54, 1.807) is 0 Å². The fourth-order valence-electron chi connectivity index (χ4n) is 2.40. The van der Waals surface area contributed by atoms with Crippen LogP contribution in [0.5, 0.6) is 0 Å². The molecule has 0 aromatic heterocycles. The standard InChI is InChI=1S/C13H25NO3/c1-11(2)17-13(16)7-9-14-8-3-5-12(14)6-4-10-15/h11-12,15H,3-10H2,1-2H3. The minimum absolute atomic E-state index is 0.0220. The van der Waals surface area contributed by atoms with Gasteiger partial charge in [0, 0.05) is 19.2 Å². The lowest BCUT2D eigenvalue weighted by molar-refractivity contribution is -0.147. The van der Waals surface area contributed by atoms with Gasteiger partial charge in [-0.15, -0.1) is 0 Å². The molecule has 0 aromatic carbocycles. The maximum absolute atomic E-state index is 11.4. The largest absolute Gasteiger partial charge is 0.463 e. The van der Waals surface area contributed by atoms with Crippen molar-refractivity contribution in [2.75, 3.05) is 19.7 Å². The van der Waals surface area contributed by atoms with Crippen molar-refractivity contribution < 1.29 is 14.6 Å². The molecule has 100 valence electrons. The number of ether oxygens (including phenoxy) is 1. The first-order valence-electron chi connectivity index (χ1n) is 6.68. The van der Waals surface area contributed by atoms with E-state index < -0.39 is 0 Å². The molecule has 0 bridgehead atoms. The van der Waals surface area contributed by atoms with Crippen molar-refractivity contribution in [2.45, 2.75) is 58.1 Å². The number of hydrogen-bond acceptors (Lipinski definition) is 4. The first-order valence-corrected chi connectivity index (χ1v) is 6.68. The van der Waals surface area contributed by atoms with Gasteiger partial charge in [-0.25, -0.2) is 0 Å². The molecular formula is C13H25NO3. The predicted molar refractivity (Wildman–Crippen MR) is 66.8 cm³/mol. The Morgan fingerprint density at radius 2 is 2.29 bits per heavy atom.